The third-order valence-electron chi connectivity index (χ3n) is 4.57. The van der Waals surface area contributed by atoms with Gasteiger partial charge < -0.3 is 15.2 Å². The molecule has 5 nitrogen and oxygen atoms in total. The number of rotatable bonds is 1. The first-order valence-corrected chi connectivity index (χ1v) is 9.71. The molecular formula is C20H11NO4S2. The number of fused-ring (bicyclic) bond motifs is 3. The highest BCUT2D eigenvalue weighted by Crippen LogP contribution is 2.49. The number of thiazole rings is 1. The second kappa shape index (κ2) is 5.67. The van der Waals surface area contributed by atoms with Gasteiger partial charge in [-0.05, 0) is 6.07 Å². The number of aromatic amines is 1. The number of phenolic OH excluding ortho intramolecular Hbond substituents is 2. The minimum absolute atomic E-state index is 0.00387. The van der Waals surface area contributed by atoms with Crippen LogP contribution in [-0.4, -0.2) is 15.2 Å². The molecule has 1 aromatic heterocycles. The molecule has 3 N–H and O–H groups in total. The lowest BCUT2D eigenvalue weighted by Gasteiger charge is -2.16. The molecule has 0 atom stereocenters. The number of benzene rings is 3. The van der Waals surface area contributed by atoms with Gasteiger partial charge in [-0.2, -0.15) is 0 Å². The average Bonchev–Trinajstić information content (AvgIpc) is 3.05. The molecule has 0 bridgehead atoms. The third kappa shape index (κ3) is 2.22. The minimum atomic E-state index is -0.260. The van der Waals surface area contributed by atoms with E-state index in [-0.39, 0.29) is 21.8 Å². The number of aromatic nitrogens is 1. The van der Waals surface area contributed by atoms with Gasteiger partial charge in [0, 0.05) is 21.9 Å². The fourth-order valence-electron chi connectivity index (χ4n) is 3.40. The number of aromatic hydroxyl groups is 2. The Labute approximate surface area is 159 Å². The Bertz CT molecular complexity index is 1440. The first-order chi connectivity index (χ1) is 13.1. The number of H-pyrrole nitrogens is 1. The summed E-state index contributed by atoms with van der Waals surface area (Å²) in [5.41, 5.74) is 0.977. The van der Waals surface area contributed by atoms with Gasteiger partial charge in [0.2, 0.25) is 0 Å². The Morgan fingerprint density at radius 3 is 2.30 bits per heavy atom. The molecule has 2 aliphatic rings. The molecule has 0 fully saturated rings. The summed E-state index contributed by atoms with van der Waals surface area (Å²) in [6, 6.07) is 13.5. The van der Waals surface area contributed by atoms with Crippen LogP contribution in [0.5, 0.6) is 11.5 Å². The van der Waals surface area contributed by atoms with Gasteiger partial charge in [0.1, 0.15) is 16.3 Å². The maximum atomic E-state index is 13.3. The van der Waals surface area contributed by atoms with Crippen LogP contribution in [0.4, 0.5) is 0 Å². The zero-order valence-corrected chi connectivity index (χ0v) is 15.3. The Morgan fingerprint density at radius 2 is 1.52 bits per heavy atom. The SMILES string of the molecule is O=c1[nH]c2sc3c(O)c4ccccc4c(=O)c-3c(-c3ccccc3O)c2s1. The molecule has 0 radical (unpaired) electrons. The Kier molecular flexibility index (Phi) is 3.37. The second-order valence-electron chi connectivity index (χ2n) is 6.09. The fourth-order valence-corrected chi connectivity index (χ4v) is 5.56. The molecule has 1 aliphatic carbocycles. The van der Waals surface area contributed by atoms with Crippen molar-refractivity contribution in [3.05, 3.63) is 68.4 Å². The summed E-state index contributed by atoms with van der Waals surface area (Å²) in [6.07, 6.45) is 0. The molecule has 0 spiro atoms. The van der Waals surface area contributed by atoms with E-state index >= 15 is 0 Å². The lowest BCUT2D eigenvalue weighted by molar-refractivity contribution is 0.477. The van der Waals surface area contributed by atoms with Gasteiger partial charge in [-0.25, -0.2) is 0 Å². The number of phenols is 2. The summed E-state index contributed by atoms with van der Waals surface area (Å²) in [6.45, 7) is 0. The van der Waals surface area contributed by atoms with Crippen LogP contribution >= 0.6 is 22.7 Å². The normalized spacial score (nSPS) is 11.6. The topological polar surface area (TPSA) is 90.4 Å². The maximum absolute atomic E-state index is 13.3. The van der Waals surface area contributed by atoms with Crippen LogP contribution in [0.2, 0.25) is 0 Å². The molecule has 27 heavy (non-hydrogen) atoms. The number of hydrogen-bond acceptors (Lipinski definition) is 6. The summed E-state index contributed by atoms with van der Waals surface area (Å²) in [4.78, 5) is 28.8. The van der Waals surface area contributed by atoms with Crippen molar-refractivity contribution >= 4 is 43.0 Å². The first kappa shape index (κ1) is 16.0. The van der Waals surface area contributed by atoms with Gasteiger partial charge in [-0.15, -0.1) is 11.3 Å². The van der Waals surface area contributed by atoms with Gasteiger partial charge in [0.15, 0.2) is 5.43 Å². The molecule has 0 unspecified atom stereocenters. The third-order valence-corrected chi connectivity index (χ3v) is 6.71. The van der Waals surface area contributed by atoms with Crippen LogP contribution < -0.4 is 10.3 Å². The molecule has 3 aromatic rings. The zero-order chi connectivity index (χ0) is 18.7. The van der Waals surface area contributed by atoms with Crippen LogP contribution in [-0.2, 0) is 0 Å². The van der Waals surface area contributed by atoms with Crippen molar-refractivity contribution in [3.8, 4) is 33.1 Å². The number of hydrogen-bond donors (Lipinski definition) is 3. The monoisotopic (exact) mass is 393 g/mol. The lowest BCUT2D eigenvalue weighted by atomic mass is 9.94. The highest BCUT2D eigenvalue weighted by Gasteiger charge is 2.26. The summed E-state index contributed by atoms with van der Waals surface area (Å²) >= 11 is 2.15. The van der Waals surface area contributed by atoms with E-state index in [0.29, 0.717) is 41.9 Å². The molecule has 2 heterocycles. The molecule has 1 aliphatic heterocycles. The van der Waals surface area contributed by atoms with Crippen LogP contribution in [0.15, 0.2) is 58.1 Å². The summed E-state index contributed by atoms with van der Waals surface area (Å²) < 4.78 is 0.589. The zero-order valence-electron chi connectivity index (χ0n) is 13.6. The van der Waals surface area contributed by atoms with Gasteiger partial charge in [-0.3, -0.25) is 9.59 Å². The smallest absolute Gasteiger partial charge is 0.306 e. The van der Waals surface area contributed by atoms with Crippen LogP contribution in [0, 0.1) is 0 Å². The number of para-hydroxylation sites is 1. The van der Waals surface area contributed by atoms with Crippen LogP contribution in [0.3, 0.4) is 0 Å². The van der Waals surface area contributed by atoms with Crippen molar-refractivity contribution in [2.75, 3.05) is 0 Å². The van der Waals surface area contributed by atoms with E-state index in [1.807, 2.05) is 0 Å². The predicted octanol–water partition coefficient (Wildman–Crippen LogP) is 4.35. The predicted molar refractivity (Wildman–Crippen MR) is 109 cm³/mol. The van der Waals surface area contributed by atoms with E-state index in [4.69, 9.17) is 0 Å². The summed E-state index contributed by atoms with van der Waals surface area (Å²) in [5.74, 6) is 0.0000160. The molecule has 5 rings (SSSR count). The maximum Gasteiger partial charge on any atom is 0.306 e. The van der Waals surface area contributed by atoms with Crippen molar-refractivity contribution in [2.45, 2.75) is 0 Å². The van der Waals surface area contributed by atoms with Gasteiger partial charge in [0.25, 0.3) is 0 Å². The van der Waals surface area contributed by atoms with Gasteiger partial charge in [0.05, 0.1) is 15.1 Å². The molecule has 2 aromatic carbocycles. The Morgan fingerprint density at radius 1 is 0.815 bits per heavy atom. The highest BCUT2D eigenvalue weighted by atomic mass is 32.1. The molecule has 7 heteroatoms. The fraction of sp³-hybridized carbons (Fsp3) is 0. The second-order valence-corrected chi connectivity index (χ2v) is 8.10. The van der Waals surface area contributed by atoms with E-state index in [2.05, 4.69) is 4.98 Å². The quantitative estimate of drug-likeness (QED) is 0.369. The van der Waals surface area contributed by atoms with Crippen molar-refractivity contribution in [1.29, 1.82) is 0 Å². The molecule has 0 saturated carbocycles. The van der Waals surface area contributed by atoms with Crippen LogP contribution in [0.25, 0.3) is 41.9 Å². The standard InChI is InChI=1S/C20H11NO4S2/c22-12-8-4-3-7-11(12)13-14-15(23)9-5-1-2-6-10(9)16(24)17(14)26-19-18(13)27-20(25)21-19/h1-8,22,24H,(H,21,25). The van der Waals surface area contributed by atoms with E-state index < -0.39 is 0 Å². The Hall–Kier alpha value is -3.16. The highest BCUT2D eigenvalue weighted by molar-refractivity contribution is 7.27. The molecule has 132 valence electrons. The first-order valence-electron chi connectivity index (χ1n) is 8.08. The lowest BCUT2D eigenvalue weighted by Crippen LogP contribution is -2.08. The molecular weight excluding hydrogens is 382 g/mol. The van der Waals surface area contributed by atoms with E-state index in [1.54, 1.807) is 42.5 Å². The largest absolute Gasteiger partial charge is 0.507 e. The minimum Gasteiger partial charge on any atom is -0.507 e. The van der Waals surface area contributed by atoms with Gasteiger partial charge in [-0.1, -0.05) is 53.8 Å². The number of nitrogens with one attached hydrogen (secondary N) is 1. The molecule has 0 amide bonds. The van der Waals surface area contributed by atoms with E-state index in [9.17, 15) is 19.8 Å². The van der Waals surface area contributed by atoms with Crippen molar-refractivity contribution in [2.24, 2.45) is 0 Å². The molecule has 0 saturated heterocycles. The van der Waals surface area contributed by atoms with Crippen molar-refractivity contribution in [1.82, 2.24) is 4.98 Å². The summed E-state index contributed by atoms with van der Waals surface area (Å²) in [7, 11) is 0. The van der Waals surface area contributed by atoms with Crippen molar-refractivity contribution < 1.29 is 10.2 Å². The average molecular weight is 393 g/mol. The van der Waals surface area contributed by atoms with E-state index in [1.165, 1.54) is 17.4 Å². The van der Waals surface area contributed by atoms with Crippen LogP contribution in [0.1, 0.15) is 0 Å². The van der Waals surface area contributed by atoms with Crippen molar-refractivity contribution in [3.63, 3.8) is 0 Å². The summed E-state index contributed by atoms with van der Waals surface area (Å²) in [5, 5.41) is 22.1. The van der Waals surface area contributed by atoms with E-state index in [0.717, 1.165) is 11.3 Å². The van der Waals surface area contributed by atoms with Gasteiger partial charge >= 0.3 is 4.87 Å². The Balaban J connectivity index is 2.13.